The molecule has 0 atom stereocenters. The number of carbonyl (C=O) groups is 1. The van der Waals surface area contributed by atoms with Gasteiger partial charge in [-0.1, -0.05) is 6.07 Å². The number of rotatable bonds is 3. The second-order valence-corrected chi connectivity index (χ2v) is 9.58. The smallest absolute Gasteiger partial charge is 0.396 e. The van der Waals surface area contributed by atoms with Crippen molar-refractivity contribution >= 4 is 50.5 Å². The van der Waals surface area contributed by atoms with Gasteiger partial charge >= 0.3 is 6.18 Å². The van der Waals surface area contributed by atoms with Crippen LogP contribution in [-0.2, 0) is 13.2 Å². The van der Waals surface area contributed by atoms with Crippen LogP contribution < -0.4 is 5.73 Å². The number of anilines is 1. The third-order valence-corrected chi connectivity index (χ3v) is 7.08. The van der Waals surface area contributed by atoms with Gasteiger partial charge in [0, 0.05) is 44.6 Å². The summed E-state index contributed by atoms with van der Waals surface area (Å²) in [5.74, 6) is -5.65. The summed E-state index contributed by atoms with van der Waals surface area (Å²) in [6.45, 7) is 1.63. The first kappa shape index (κ1) is 25.1. The zero-order chi connectivity index (χ0) is 27.0. The van der Waals surface area contributed by atoms with E-state index in [0.29, 0.717) is 21.4 Å². The molecular formula is C25H15F6IN4O. The number of ketones is 1. The molecule has 2 N–H and O–H groups in total. The Balaban J connectivity index is 1.81. The van der Waals surface area contributed by atoms with E-state index >= 15 is 0 Å². The summed E-state index contributed by atoms with van der Waals surface area (Å²) < 4.78 is 87.0. The first-order valence-corrected chi connectivity index (χ1v) is 11.7. The lowest BCUT2D eigenvalue weighted by atomic mass is 9.94. The Morgan fingerprint density at radius 2 is 1.73 bits per heavy atom. The Morgan fingerprint density at radius 3 is 2.35 bits per heavy atom. The number of nitrogens with two attached hydrogens (primary N) is 1. The molecule has 0 aliphatic rings. The molecule has 5 rings (SSSR count). The van der Waals surface area contributed by atoms with Crippen LogP contribution in [-0.4, -0.2) is 20.0 Å². The van der Waals surface area contributed by atoms with Crippen molar-refractivity contribution in [1.29, 1.82) is 0 Å². The predicted octanol–water partition coefficient (Wildman–Crippen LogP) is 6.66. The highest BCUT2D eigenvalue weighted by atomic mass is 127. The number of nitrogen functional groups attached to an aromatic ring is 1. The summed E-state index contributed by atoms with van der Waals surface area (Å²) in [6.07, 6.45) is -3.34. The van der Waals surface area contributed by atoms with E-state index in [1.807, 2.05) is 22.6 Å². The first-order chi connectivity index (χ1) is 17.3. The topological polar surface area (TPSA) is 65.3 Å². The number of alkyl halides is 3. The molecule has 0 fully saturated rings. The summed E-state index contributed by atoms with van der Waals surface area (Å²) in [4.78, 5) is 13.1. The highest BCUT2D eigenvalue weighted by Crippen LogP contribution is 2.46. The van der Waals surface area contributed by atoms with Gasteiger partial charge in [-0.2, -0.15) is 18.3 Å². The lowest BCUT2D eigenvalue weighted by Gasteiger charge is -2.17. The van der Waals surface area contributed by atoms with Gasteiger partial charge in [-0.05, 0) is 59.8 Å². The van der Waals surface area contributed by atoms with Gasteiger partial charge in [0.1, 0.15) is 5.52 Å². The van der Waals surface area contributed by atoms with Crippen LogP contribution in [0.4, 0.5) is 32.0 Å². The highest BCUT2D eigenvalue weighted by Gasteiger charge is 2.37. The molecule has 37 heavy (non-hydrogen) atoms. The molecule has 12 heteroatoms. The van der Waals surface area contributed by atoms with Gasteiger partial charge in [0.05, 0.1) is 22.5 Å². The van der Waals surface area contributed by atoms with Crippen molar-refractivity contribution in [2.45, 2.75) is 13.1 Å². The second-order valence-electron chi connectivity index (χ2n) is 8.42. The molecule has 0 aliphatic carbocycles. The van der Waals surface area contributed by atoms with Gasteiger partial charge in [0.2, 0.25) is 5.78 Å². The van der Waals surface area contributed by atoms with Crippen LogP contribution in [0.1, 0.15) is 27.3 Å². The Kier molecular flexibility index (Phi) is 5.77. The van der Waals surface area contributed by atoms with Gasteiger partial charge in [-0.25, -0.2) is 13.2 Å². The molecular weight excluding hydrogens is 613 g/mol. The van der Waals surface area contributed by atoms with Gasteiger partial charge in [-0.15, -0.1) is 0 Å². The van der Waals surface area contributed by atoms with E-state index in [-0.39, 0.29) is 38.9 Å². The normalized spacial score (nSPS) is 12.1. The van der Waals surface area contributed by atoms with Crippen molar-refractivity contribution in [2.24, 2.45) is 7.05 Å². The molecule has 2 aromatic carbocycles. The summed E-state index contributed by atoms with van der Waals surface area (Å²) >= 11 is 1.85. The maximum Gasteiger partial charge on any atom is 0.417 e. The van der Waals surface area contributed by atoms with Crippen molar-refractivity contribution in [3.05, 3.63) is 86.1 Å². The number of aryl methyl sites for hydroxylation is 2. The minimum absolute atomic E-state index is 0.0810. The number of hydrogen-bond donors (Lipinski definition) is 1. The molecule has 0 radical (unpaired) electrons. The minimum atomic E-state index is -4.77. The molecule has 0 amide bonds. The van der Waals surface area contributed by atoms with Crippen LogP contribution in [0.5, 0.6) is 0 Å². The van der Waals surface area contributed by atoms with Gasteiger partial charge in [0.25, 0.3) is 0 Å². The van der Waals surface area contributed by atoms with Gasteiger partial charge in [-0.3, -0.25) is 9.48 Å². The van der Waals surface area contributed by atoms with E-state index in [1.54, 1.807) is 14.0 Å². The van der Waals surface area contributed by atoms with Gasteiger partial charge in [0.15, 0.2) is 17.5 Å². The van der Waals surface area contributed by atoms with Crippen LogP contribution >= 0.6 is 22.6 Å². The number of nitrogens with zero attached hydrogens (tertiary/aromatic N) is 3. The third kappa shape index (κ3) is 3.85. The van der Waals surface area contributed by atoms with Crippen LogP contribution in [0.25, 0.3) is 27.5 Å². The number of hydrogen-bond acceptors (Lipinski definition) is 3. The first-order valence-electron chi connectivity index (χ1n) is 10.6. The number of fused-ring (bicyclic) bond motifs is 2. The lowest BCUT2D eigenvalue weighted by Crippen LogP contribution is -2.11. The Hall–Kier alpha value is -3.55. The molecule has 0 aliphatic heterocycles. The van der Waals surface area contributed by atoms with Crippen molar-refractivity contribution < 1.29 is 31.1 Å². The SMILES string of the molecule is Cc1c2cc(C(F)(F)F)c(-c3cccn4c(C(=O)c5cc(F)c(F)c(F)c5)cc(I)c34)c(N)c2nn1C. The number of aromatic nitrogens is 3. The number of pyridine rings is 1. The Bertz CT molecular complexity index is 1750. The van der Waals surface area contributed by atoms with Crippen LogP contribution in [0.2, 0.25) is 0 Å². The van der Waals surface area contributed by atoms with E-state index in [9.17, 15) is 31.1 Å². The molecule has 0 unspecified atom stereocenters. The quantitative estimate of drug-likeness (QED) is 0.0800. The maximum absolute atomic E-state index is 14.3. The highest BCUT2D eigenvalue weighted by molar-refractivity contribution is 14.1. The zero-order valence-corrected chi connectivity index (χ0v) is 21.2. The summed E-state index contributed by atoms with van der Waals surface area (Å²) in [5.41, 5.74) is 5.28. The lowest BCUT2D eigenvalue weighted by molar-refractivity contribution is -0.136. The second kappa shape index (κ2) is 8.50. The van der Waals surface area contributed by atoms with E-state index in [1.165, 1.54) is 33.5 Å². The summed E-state index contributed by atoms with van der Waals surface area (Å²) in [7, 11) is 1.59. The molecule has 0 bridgehead atoms. The number of halogens is 7. The molecule has 190 valence electrons. The van der Waals surface area contributed by atoms with Crippen LogP contribution in [0.15, 0.2) is 42.6 Å². The predicted molar refractivity (Wildman–Crippen MR) is 134 cm³/mol. The largest absolute Gasteiger partial charge is 0.417 e. The fourth-order valence-corrected chi connectivity index (χ4v) is 5.26. The Morgan fingerprint density at radius 1 is 1.08 bits per heavy atom. The average molecular weight is 628 g/mol. The zero-order valence-electron chi connectivity index (χ0n) is 19.0. The van der Waals surface area contributed by atoms with E-state index < -0.39 is 40.5 Å². The number of carbonyl (C=O) groups excluding carboxylic acids is 1. The average Bonchev–Trinajstić information content (AvgIpc) is 3.32. The van der Waals surface area contributed by atoms with Crippen molar-refractivity contribution in [3.63, 3.8) is 0 Å². The molecule has 5 aromatic rings. The Labute approximate surface area is 218 Å². The van der Waals surface area contributed by atoms with Crippen molar-refractivity contribution in [2.75, 3.05) is 5.73 Å². The molecule has 5 nitrogen and oxygen atoms in total. The minimum Gasteiger partial charge on any atom is -0.396 e. The monoisotopic (exact) mass is 628 g/mol. The molecule has 3 heterocycles. The third-order valence-electron chi connectivity index (χ3n) is 6.26. The van der Waals surface area contributed by atoms with E-state index in [0.717, 1.165) is 6.07 Å². The molecule has 0 saturated carbocycles. The fourth-order valence-electron chi connectivity index (χ4n) is 4.41. The van der Waals surface area contributed by atoms with Crippen LogP contribution in [0, 0.1) is 27.9 Å². The fraction of sp³-hybridized carbons (Fsp3) is 0.120. The molecule has 0 saturated heterocycles. The van der Waals surface area contributed by atoms with Crippen LogP contribution in [0.3, 0.4) is 0 Å². The van der Waals surface area contributed by atoms with Crippen molar-refractivity contribution in [1.82, 2.24) is 14.2 Å². The van der Waals surface area contributed by atoms with Gasteiger partial charge < -0.3 is 10.1 Å². The molecule has 3 aromatic heterocycles. The van der Waals surface area contributed by atoms with E-state index in [4.69, 9.17) is 5.73 Å². The summed E-state index contributed by atoms with van der Waals surface area (Å²) in [6, 6.07) is 6.36. The number of benzene rings is 2. The standard InChI is InChI=1S/C25H15F6IN4O/c1-10-13-8-14(25(29,30)31)19(21(33)22(13)34-35(10)2)12-4-3-5-36-18(9-17(32)23(12)36)24(37)11-6-15(26)20(28)16(27)7-11/h3-9H,33H2,1-2H3. The summed E-state index contributed by atoms with van der Waals surface area (Å²) in [5, 5.41) is 4.53. The molecule has 0 spiro atoms. The van der Waals surface area contributed by atoms with Crippen molar-refractivity contribution in [3.8, 4) is 11.1 Å². The maximum atomic E-state index is 14.3. The van der Waals surface area contributed by atoms with E-state index in [2.05, 4.69) is 5.10 Å².